The van der Waals surface area contributed by atoms with E-state index in [1.807, 2.05) is 0 Å². The van der Waals surface area contributed by atoms with Crippen molar-refractivity contribution in [3.8, 4) is 5.75 Å². The van der Waals surface area contributed by atoms with E-state index in [2.05, 4.69) is 15.9 Å². The third-order valence-electron chi connectivity index (χ3n) is 2.50. The molecule has 1 unspecified atom stereocenters. The van der Waals surface area contributed by atoms with Crippen molar-refractivity contribution in [2.24, 2.45) is 0 Å². The molecule has 0 aliphatic heterocycles. The zero-order valence-corrected chi connectivity index (χ0v) is 12.7. The summed E-state index contributed by atoms with van der Waals surface area (Å²) in [4.78, 5) is 11.7. The van der Waals surface area contributed by atoms with Gasteiger partial charge in [-0.15, -0.1) is 0 Å². The first kappa shape index (κ1) is 15.9. The van der Waals surface area contributed by atoms with Crippen LogP contribution in [0.4, 0.5) is 0 Å². The van der Waals surface area contributed by atoms with Gasteiger partial charge in [-0.05, 0) is 24.6 Å². The van der Waals surface area contributed by atoms with Gasteiger partial charge in [-0.2, -0.15) is 0 Å². The zero-order valence-electron chi connectivity index (χ0n) is 11.1. The molecule has 0 spiro atoms. The highest BCUT2D eigenvalue weighted by Gasteiger charge is 2.26. The van der Waals surface area contributed by atoms with Gasteiger partial charge in [-0.3, -0.25) is 0 Å². The number of methoxy groups -OCH3 is 2. The molecule has 1 aromatic rings. The zero-order chi connectivity index (χ0) is 14.4. The van der Waals surface area contributed by atoms with Gasteiger partial charge >= 0.3 is 5.97 Å². The summed E-state index contributed by atoms with van der Waals surface area (Å²) in [6.45, 7) is 2.13. The summed E-state index contributed by atoms with van der Waals surface area (Å²) in [6.07, 6.45) is -1.40. The van der Waals surface area contributed by atoms with Gasteiger partial charge in [0.05, 0.1) is 20.3 Å². The summed E-state index contributed by atoms with van der Waals surface area (Å²) in [5.74, 6) is -0.303. The van der Waals surface area contributed by atoms with E-state index in [0.717, 1.165) is 4.47 Å². The second-order valence-electron chi connectivity index (χ2n) is 3.77. The van der Waals surface area contributed by atoms with Gasteiger partial charge in [0.25, 0.3) is 0 Å². The summed E-state index contributed by atoms with van der Waals surface area (Å²) in [5, 5.41) is 10.1. The molecule has 106 valence electrons. The fourth-order valence-electron chi connectivity index (χ4n) is 1.74. The Bertz CT molecular complexity index is 447. The number of hydrogen-bond acceptors (Lipinski definition) is 5. The predicted octanol–water partition coefficient (Wildman–Crippen LogP) is 2.20. The lowest BCUT2D eigenvalue weighted by Gasteiger charge is -2.18. The molecule has 1 atom stereocenters. The van der Waals surface area contributed by atoms with Crippen molar-refractivity contribution in [1.82, 2.24) is 0 Å². The molecule has 0 radical (unpaired) electrons. The van der Waals surface area contributed by atoms with Gasteiger partial charge in [0, 0.05) is 17.1 Å². The molecule has 0 amide bonds. The molecule has 0 fully saturated rings. The summed E-state index contributed by atoms with van der Waals surface area (Å²) in [5.41, 5.74) is 1.03. The van der Waals surface area contributed by atoms with Crippen LogP contribution in [0.2, 0.25) is 0 Å². The van der Waals surface area contributed by atoms with Crippen molar-refractivity contribution < 1.29 is 24.1 Å². The van der Waals surface area contributed by atoms with Crippen LogP contribution in [0.3, 0.4) is 0 Å². The van der Waals surface area contributed by atoms with E-state index < -0.39 is 12.1 Å². The number of halogens is 1. The van der Waals surface area contributed by atoms with E-state index in [1.165, 1.54) is 14.2 Å². The molecule has 0 aliphatic carbocycles. The quantitative estimate of drug-likeness (QED) is 0.809. The minimum absolute atomic E-state index is 0.203. The highest BCUT2D eigenvalue weighted by atomic mass is 79.9. The van der Waals surface area contributed by atoms with E-state index in [9.17, 15) is 9.90 Å². The molecule has 0 heterocycles. The van der Waals surface area contributed by atoms with Crippen LogP contribution in [0.5, 0.6) is 5.75 Å². The minimum atomic E-state index is -1.40. The molecule has 0 saturated carbocycles. The van der Waals surface area contributed by atoms with Gasteiger partial charge in [0.1, 0.15) is 5.75 Å². The number of aliphatic hydroxyl groups is 1. The average Bonchev–Trinajstić information content (AvgIpc) is 2.38. The first-order valence-electron chi connectivity index (χ1n) is 5.75. The lowest BCUT2D eigenvalue weighted by molar-refractivity contribution is -0.153. The SMILES string of the molecule is CCOC(=O)C(O)c1c(COC)cc(Br)cc1OC. The first-order valence-corrected chi connectivity index (χ1v) is 6.54. The normalized spacial score (nSPS) is 12.1. The molecule has 6 heteroatoms. The largest absolute Gasteiger partial charge is 0.496 e. The van der Waals surface area contributed by atoms with E-state index in [0.29, 0.717) is 16.9 Å². The fraction of sp³-hybridized carbons (Fsp3) is 0.462. The Morgan fingerprint density at radius 1 is 1.42 bits per heavy atom. The van der Waals surface area contributed by atoms with Gasteiger partial charge in [0.15, 0.2) is 6.10 Å². The summed E-state index contributed by atoms with van der Waals surface area (Å²) < 4.78 is 15.9. The number of hydrogen-bond donors (Lipinski definition) is 1. The molecular formula is C13H17BrO5. The Labute approximate surface area is 120 Å². The maximum atomic E-state index is 11.7. The van der Waals surface area contributed by atoms with E-state index >= 15 is 0 Å². The van der Waals surface area contributed by atoms with Crippen LogP contribution in [-0.2, 0) is 20.9 Å². The summed E-state index contributed by atoms with van der Waals surface area (Å²) in [6, 6.07) is 3.45. The number of carbonyl (C=O) groups is 1. The first-order chi connectivity index (χ1) is 9.04. The summed E-state index contributed by atoms with van der Waals surface area (Å²) >= 11 is 3.34. The highest BCUT2D eigenvalue weighted by molar-refractivity contribution is 9.10. The Kier molecular flexibility index (Phi) is 6.27. The van der Waals surface area contributed by atoms with Crippen LogP contribution < -0.4 is 4.74 Å². The average molecular weight is 333 g/mol. The van der Waals surface area contributed by atoms with Crippen LogP contribution in [0, 0.1) is 0 Å². The number of rotatable bonds is 6. The third kappa shape index (κ3) is 3.92. The monoisotopic (exact) mass is 332 g/mol. The standard InChI is InChI=1S/C13H17BrO5/c1-4-19-13(16)12(15)11-8(7-17-2)5-9(14)6-10(11)18-3/h5-6,12,15H,4,7H2,1-3H3. The van der Waals surface area contributed by atoms with Crippen LogP contribution in [0.25, 0.3) is 0 Å². The molecule has 0 aliphatic rings. The van der Waals surface area contributed by atoms with Crippen molar-refractivity contribution in [1.29, 1.82) is 0 Å². The molecular weight excluding hydrogens is 316 g/mol. The Morgan fingerprint density at radius 3 is 2.63 bits per heavy atom. The van der Waals surface area contributed by atoms with Crippen molar-refractivity contribution in [3.05, 3.63) is 27.7 Å². The van der Waals surface area contributed by atoms with Crippen LogP contribution >= 0.6 is 15.9 Å². The lowest BCUT2D eigenvalue weighted by Crippen LogP contribution is -2.18. The van der Waals surface area contributed by atoms with Crippen molar-refractivity contribution in [2.45, 2.75) is 19.6 Å². The smallest absolute Gasteiger partial charge is 0.339 e. The lowest BCUT2D eigenvalue weighted by atomic mass is 10.0. The molecule has 1 N–H and O–H groups in total. The molecule has 0 bridgehead atoms. The molecule has 0 saturated heterocycles. The fourth-order valence-corrected chi connectivity index (χ4v) is 2.22. The number of aliphatic hydroxyl groups excluding tert-OH is 1. The molecule has 5 nitrogen and oxygen atoms in total. The number of carbonyl (C=O) groups excluding carboxylic acids is 1. The Balaban J connectivity index is 3.25. The number of esters is 1. The molecule has 19 heavy (non-hydrogen) atoms. The molecule has 1 rings (SSSR count). The van der Waals surface area contributed by atoms with E-state index in [4.69, 9.17) is 14.2 Å². The van der Waals surface area contributed by atoms with Crippen LogP contribution in [-0.4, -0.2) is 31.9 Å². The van der Waals surface area contributed by atoms with Crippen LogP contribution in [0.1, 0.15) is 24.2 Å². The second-order valence-corrected chi connectivity index (χ2v) is 4.68. The summed E-state index contributed by atoms with van der Waals surface area (Å²) in [7, 11) is 3.01. The Morgan fingerprint density at radius 2 is 2.11 bits per heavy atom. The van der Waals surface area contributed by atoms with Gasteiger partial charge < -0.3 is 19.3 Å². The van der Waals surface area contributed by atoms with E-state index in [-0.39, 0.29) is 13.2 Å². The minimum Gasteiger partial charge on any atom is -0.496 e. The highest BCUT2D eigenvalue weighted by Crippen LogP contribution is 2.33. The van der Waals surface area contributed by atoms with Crippen LogP contribution in [0.15, 0.2) is 16.6 Å². The van der Waals surface area contributed by atoms with Gasteiger partial charge in [-0.1, -0.05) is 15.9 Å². The predicted molar refractivity (Wildman–Crippen MR) is 73.0 cm³/mol. The van der Waals surface area contributed by atoms with Gasteiger partial charge in [-0.25, -0.2) is 4.79 Å². The van der Waals surface area contributed by atoms with E-state index in [1.54, 1.807) is 19.1 Å². The van der Waals surface area contributed by atoms with Gasteiger partial charge in [0.2, 0.25) is 0 Å². The number of benzene rings is 1. The van der Waals surface area contributed by atoms with Crippen molar-refractivity contribution >= 4 is 21.9 Å². The second kappa shape index (κ2) is 7.47. The van der Waals surface area contributed by atoms with Crippen molar-refractivity contribution in [3.63, 3.8) is 0 Å². The Hall–Kier alpha value is -1.11. The number of ether oxygens (including phenoxy) is 3. The molecule has 0 aromatic heterocycles. The maximum Gasteiger partial charge on any atom is 0.339 e. The third-order valence-corrected chi connectivity index (χ3v) is 2.95. The molecule has 1 aromatic carbocycles. The maximum absolute atomic E-state index is 11.7. The van der Waals surface area contributed by atoms with Crippen molar-refractivity contribution in [2.75, 3.05) is 20.8 Å². The topological polar surface area (TPSA) is 65.0 Å².